The van der Waals surface area contributed by atoms with Crippen LogP contribution in [-0.4, -0.2) is 15.6 Å². The van der Waals surface area contributed by atoms with Crippen molar-refractivity contribution in [3.05, 3.63) is 82.7 Å². The summed E-state index contributed by atoms with van der Waals surface area (Å²) in [6, 6.07) is 12.9. The Hall–Kier alpha value is -3.39. The molecule has 0 bridgehead atoms. The summed E-state index contributed by atoms with van der Waals surface area (Å²) < 4.78 is 54.8. The second-order valence-electron chi connectivity index (χ2n) is 6.97. The van der Waals surface area contributed by atoms with Gasteiger partial charge in [0.15, 0.2) is 0 Å². The molecule has 1 heterocycles. The third-order valence-corrected chi connectivity index (χ3v) is 5.08. The normalized spacial score (nSPS) is 12.0. The minimum absolute atomic E-state index is 0.000454. The number of aliphatic hydroxyl groups excluding tert-OH is 1. The second kappa shape index (κ2) is 7.14. The Morgan fingerprint density at radius 1 is 1.00 bits per heavy atom. The number of hydrogen-bond donors (Lipinski definition) is 2. The Labute approximate surface area is 168 Å². The van der Waals surface area contributed by atoms with E-state index in [0.717, 1.165) is 12.1 Å². The molecule has 3 N–H and O–H groups in total. The summed E-state index contributed by atoms with van der Waals surface area (Å²) in [6.45, 7) is -0.227. The monoisotopic (exact) mass is 416 g/mol. The highest BCUT2D eigenvalue weighted by Crippen LogP contribution is 2.35. The Morgan fingerprint density at radius 3 is 2.40 bits per heavy atom. The lowest BCUT2D eigenvalue weighted by Gasteiger charge is -2.12. The molecule has 154 valence electrons. The number of carbonyl (C=O) groups is 1. The van der Waals surface area contributed by atoms with Crippen LogP contribution in [0, 0.1) is 5.82 Å². The number of hydrogen-bond acceptors (Lipinski definition) is 2. The summed E-state index contributed by atoms with van der Waals surface area (Å²) in [5, 5.41) is 10.7. The predicted octanol–water partition coefficient (Wildman–Crippen LogP) is 4.59. The second-order valence-corrected chi connectivity index (χ2v) is 6.97. The summed E-state index contributed by atoms with van der Waals surface area (Å²) >= 11 is 0. The van der Waals surface area contributed by atoms with Crippen molar-refractivity contribution < 1.29 is 27.5 Å². The average molecular weight is 416 g/mol. The minimum atomic E-state index is -4.82. The van der Waals surface area contributed by atoms with Gasteiger partial charge in [-0.3, -0.25) is 4.79 Å². The average Bonchev–Trinajstić information content (AvgIpc) is 3.01. The molecule has 0 saturated carbocycles. The Bertz CT molecular complexity index is 1290. The molecule has 4 rings (SSSR count). The van der Waals surface area contributed by atoms with Gasteiger partial charge in [-0.1, -0.05) is 24.3 Å². The number of rotatable bonds is 4. The third-order valence-electron chi connectivity index (χ3n) is 5.08. The van der Waals surface area contributed by atoms with Gasteiger partial charge in [-0.2, -0.15) is 13.2 Å². The van der Waals surface area contributed by atoms with Gasteiger partial charge in [0.1, 0.15) is 5.82 Å². The van der Waals surface area contributed by atoms with E-state index >= 15 is 0 Å². The molecule has 0 atom stereocenters. The number of aliphatic hydroxyl groups is 1. The molecular weight excluding hydrogens is 400 g/mol. The zero-order valence-corrected chi connectivity index (χ0v) is 15.5. The number of halogens is 4. The van der Waals surface area contributed by atoms with Crippen LogP contribution in [0.15, 0.2) is 54.6 Å². The first-order chi connectivity index (χ1) is 14.2. The maximum absolute atomic E-state index is 13.7. The Morgan fingerprint density at radius 2 is 1.73 bits per heavy atom. The van der Waals surface area contributed by atoms with E-state index in [0.29, 0.717) is 27.4 Å². The first-order valence-electron chi connectivity index (χ1n) is 9.01. The summed E-state index contributed by atoms with van der Waals surface area (Å²) in [7, 11) is 0. The Balaban J connectivity index is 1.98. The number of aromatic nitrogens is 1. The topological polar surface area (TPSA) is 68.2 Å². The van der Waals surface area contributed by atoms with Crippen molar-refractivity contribution in [2.24, 2.45) is 5.73 Å². The molecule has 0 saturated heterocycles. The standard InChI is InChI=1S/C22H16F4N2O2/c23-17-7-5-12(8-16(17)22(24,25)26)10-28-18-3-1-2-15(21(27)30)20(18)14-6-4-13(11-29)9-19(14)28/h1-9,29H,10-11H2,(H2,27,30). The molecule has 0 aliphatic heterocycles. The highest BCUT2D eigenvalue weighted by atomic mass is 19.4. The molecule has 4 nitrogen and oxygen atoms in total. The first kappa shape index (κ1) is 19.9. The van der Waals surface area contributed by atoms with E-state index in [1.807, 2.05) is 0 Å². The maximum Gasteiger partial charge on any atom is 0.419 e. The molecule has 4 aromatic rings. The molecular formula is C22H16F4N2O2. The fraction of sp³-hybridized carbons (Fsp3) is 0.136. The van der Waals surface area contributed by atoms with E-state index in [9.17, 15) is 27.5 Å². The Kier molecular flexibility index (Phi) is 4.74. The predicted molar refractivity (Wildman–Crippen MR) is 104 cm³/mol. The van der Waals surface area contributed by atoms with Crippen LogP contribution in [0.4, 0.5) is 17.6 Å². The van der Waals surface area contributed by atoms with Gasteiger partial charge >= 0.3 is 6.18 Å². The first-order valence-corrected chi connectivity index (χ1v) is 9.01. The molecule has 30 heavy (non-hydrogen) atoms. The molecule has 0 unspecified atom stereocenters. The molecule has 8 heteroatoms. The molecule has 0 radical (unpaired) electrons. The van der Waals surface area contributed by atoms with Gasteiger partial charge in [-0.25, -0.2) is 4.39 Å². The lowest BCUT2D eigenvalue weighted by atomic mass is 10.0. The zero-order chi connectivity index (χ0) is 21.6. The van der Waals surface area contributed by atoms with Crippen LogP contribution in [0.25, 0.3) is 21.8 Å². The lowest BCUT2D eigenvalue weighted by molar-refractivity contribution is -0.140. The third kappa shape index (κ3) is 3.29. The molecule has 1 aromatic heterocycles. The molecule has 1 amide bonds. The SMILES string of the molecule is NC(=O)c1cccc2c1c1ccc(CO)cc1n2Cc1ccc(F)c(C(F)(F)F)c1. The van der Waals surface area contributed by atoms with E-state index in [4.69, 9.17) is 5.73 Å². The number of nitrogens with two attached hydrogens (primary N) is 1. The number of alkyl halides is 3. The molecule has 3 aromatic carbocycles. The van der Waals surface area contributed by atoms with Gasteiger partial charge < -0.3 is 15.4 Å². The van der Waals surface area contributed by atoms with E-state index in [2.05, 4.69) is 0 Å². The zero-order valence-electron chi connectivity index (χ0n) is 15.5. The summed E-state index contributed by atoms with van der Waals surface area (Å²) in [5.74, 6) is -1.97. The number of carbonyl (C=O) groups excluding carboxylic acids is 1. The summed E-state index contributed by atoms with van der Waals surface area (Å²) in [6.07, 6.45) is -4.82. The fourth-order valence-corrected chi connectivity index (χ4v) is 3.73. The summed E-state index contributed by atoms with van der Waals surface area (Å²) in [5.41, 5.74) is 6.50. The quantitative estimate of drug-likeness (QED) is 0.478. The van der Waals surface area contributed by atoms with Crippen molar-refractivity contribution in [1.82, 2.24) is 4.57 Å². The van der Waals surface area contributed by atoms with Crippen LogP contribution in [0.1, 0.15) is 27.0 Å². The van der Waals surface area contributed by atoms with Gasteiger partial charge in [-0.05, 0) is 41.5 Å². The van der Waals surface area contributed by atoms with Gasteiger partial charge in [0.2, 0.25) is 5.91 Å². The van der Waals surface area contributed by atoms with Gasteiger partial charge in [0, 0.05) is 28.4 Å². The largest absolute Gasteiger partial charge is 0.419 e. The maximum atomic E-state index is 13.7. The van der Waals surface area contributed by atoms with Crippen LogP contribution in [0.5, 0.6) is 0 Å². The number of nitrogens with zero attached hydrogens (tertiary/aromatic N) is 1. The fourth-order valence-electron chi connectivity index (χ4n) is 3.73. The van der Waals surface area contributed by atoms with Gasteiger partial charge in [0.25, 0.3) is 0 Å². The van der Waals surface area contributed by atoms with Crippen molar-refractivity contribution in [1.29, 1.82) is 0 Å². The van der Waals surface area contributed by atoms with E-state index in [-0.39, 0.29) is 24.3 Å². The smallest absolute Gasteiger partial charge is 0.392 e. The van der Waals surface area contributed by atoms with Crippen molar-refractivity contribution in [2.45, 2.75) is 19.3 Å². The van der Waals surface area contributed by atoms with Crippen molar-refractivity contribution in [2.75, 3.05) is 0 Å². The molecule has 0 aliphatic carbocycles. The van der Waals surface area contributed by atoms with Crippen LogP contribution < -0.4 is 5.73 Å². The molecule has 0 aliphatic rings. The molecule has 0 spiro atoms. The van der Waals surface area contributed by atoms with Crippen molar-refractivity contribution in [3.63, 3.8) is 0 Å². The van der Waals surface area contributed by atoms with Gasteiger partial charge in [-0.15, -0.1) is 0 Å². The number of benzene rings is 3. The lowest BCUT2D eigenvalue weighted by Crippen LogP contribution is -2.11. The van der Waals surface area contributed by atoms with Crippen LogP contribution in [-0.2, 0) is 19.3 Å². The van der Waals surface area contributed by atoms with E-state index < -0.39 is 23.5 Å². The minimum Gasteiger partial charge on any atom is -0.392 e. The van der Waals surface area contributed by atoms with E-state index in [1.54, 1.807) is 41.0 Å². The van der Waals surface area contributed by atoms with Crippen molar-refractivity contribution >= 4 is 27.7 Å². The number of fused-ring (bicyclic) bond motifs is 3. The van der Waals surface area contributed by atoms with Crippen LogP contribution in [0.2, 0.25) is 0 Å². The number of primary amides is 1. The van der Waals surface area contributed by atoms with E-state index in [1.165, 1.54) is 6.07 Å². The highest BCUT2D eigenvalue weighted by molar-refractivity contribution is 6.17. The number of amides is 1. The van der Waals surface area contributed by atoms with Crippen LogP contribution >= 0.6 is 0 Å². The summed E-state index contributed by atoms with van der Waals surface area (Å²) in [4.78, 5) is 11.9. The van der Waals surface area contributed by atoms with Crippen LogP contribution in [0.3, 0.4) is 0 Å². The highest BCUT2D eigenvalue weighted by Gasteiger charge is 2.34. The molecule has 0 fully saturated rings. The van der Waals surface area contributed by atoms with Crippen molar-refractivity contribution in [3.8, 4) is 0 Å². The van der Waals surface area contributed by atoms with Gasteiger partial charge in [0.05, 0.1) is 17.7 Å².